The molecule has 3 saturated heterocycles. The molecular formula is C18H28FN5O5. The molecule has 0 aromatic carbocycles. The minimum Gasteiger partial charge on any atom is -0.483 e. The number of halogens is 1. The fraction of sp³-hybridized carbons (Fsp3) is 0.667. The summed E-state index contributed by atoms with van der Waals surface area (Å²) in [6.07, 6.45) is 3.54. The van der Waals surface area contributed by atoms with Crippen LogP contribution in [0.1, 0.15) is 12.8 Å². The summed E-state index contributed by atoms with van der Waals surface area (Å²) < 4.78 is 19.9. The molecule has 3 aliphatic rings. The largest absolute Gasteiger partial charge is 0.483 e. The van der Waals surface area contributed by atoms with Gasteiger partial charge >= 0.3 is 0 Å². The van der Waals surface area contributed by atoms with E-state index in [1.807, 2.05) is 4.90 Å². The lowest BCUT2D eigenvalue weighted by atomic mass is 10.1. The number of carbonyl (C=O) groups is 2. The van der Waals surface area contributed by atoms with Gasteiger partial charge in [-0.2, -0.15) is 4.98 Å². The Bertz CT molecular complexity index is 656. The maximum absolute atomic E-state index is 14.1. The summed E-state index contributed by atoms with van der Waals surface area (Å²) in [5.41, 5.74) is 0. The van der Waals surface area contributed by atoms with Crippen LogP contribution in [0.15, 0.2) is 6.20 Å². The number of nitrogens with zero attached hydrogens (tertiary/aromatic N) is 5. The number of likely N-dealkylation sites (N-methyl/N-ethyl adjacent to an activating group) is 1. The standard InChI is InChI=1S/C16H24FN5O.2CH2O2/c1-20-7-12-8-22(9-13(20)11-23-10-12)16-18-6-14(17)15(19-16)21-4-2-3-5-21;2*2-1-3/h6,12-13H,2-5,7-11H2,1H3;2*1H,(H,2,3)/t12-,13+;;/m1../s1. The molecule has 3 fully saturated rings. The molecule has 0 amide bonds. The van der Waals surface area contributed by atoms with E-state index in [0.717, 1.165) is 58.8 Å². The minimum atomic E-state index is -0.314. The third kappa shape index (κ3) is 6.23. The van der Waals surface area contributed by atoms with Crippen LogP contribution in [0.25, 0.3) is 0 Å². The van der Waals surface area contributed by atoms with Gasteiger partial charge in [0.2, 0.25) is 5.95 Å². The number of hydrogen-bond donors (Lipinski definition) is 2. The molecule has 3 aliphatic heterocycles. The van der Waals surface area contributed by atoms with Crippen molar-refractivity contribution < 1.29 is 28.9 Å². The lowest BCUT2D eigenvalue weighted by Gasteiger charge is -2.30. The van der Waals surface area contributed by atoms with E-state index in [4.69, 9.17) is 24.5 Å². The molecule has 0 spiro atoms. The van der Waals surface area contributed by atoms with Gasteiger partial charge in [0.05, 0.1) is 25.5 Å². The monoisotopic (exact) mass is 413 g/mol. The first-order valence-corrected chi connectivity index (χ1v) is 9.50. The number of carboxylic acid groups (broad SMARTS) is 2. The first-order valence-electron chi connectivity index (χ1n) is 9.50. The Labute approximate surface area is 168 Å². The molecule has 29 heavy (non-hydrogen) atoms. The second kappa shape index (κ2) is 11.5. The van der Waals surface area contributed by atoms with Crippen molar-refractivity contribution in [1.82, 2.24) is 14.9 Å². The van der Waals surface area contributed by atoms with Gasteiger partial charge < -0.3 is 24.7 Å². The summed E-state index contributed by atoms with van der Waals surface area (Å²) in [6.45, 7) is 5.51. The quantitative estimate of drug-likeness (QED) is 0.659. The topological polar surface area (TPSA) is 119 Å². The van der Waals surface area contributed by atoms with E-state index in [2.05, 4.69) is 26.8 Å². The van der Waals surface area contributed by atoms with Gasteiger partial charge in [0.15, 0.2) is 11.6 Å². The fourth-order valence-corrected chi connectivity index (χ4v) is 3.87. The first-order chi connectivity index (χ1) is 14.0. The lowest BCUT2D eigenvalue weighted by molar-refractivity contribution is -0.123. The van der Waals surface area contributed by atoms with Gasteiger partial charge in [-0.15, -0.1) is 0 Å². The van der Waals surface area contributed by atoms with Crippen LogP contribution in [0.5, 0.6) is 0 Å². The van der Waals surface area contributed by atoms with E-state index < -0.39 is 0 Å². The first kappa shape index (κ1) is 22.8. The van der Waals surface area contributed by atoms with Crippen LogP contribution >= 0.6 is 0 Å². The fourth-order valence-electron chi connectivity index (χ4n) is 3.87. The van der Waals surface area contributed by atoms with E-state index in [-0.39, 0.29) is 18.8 Å². The molecule has 0 unspecified atom stereocenters. The maximum Gasteiger partial charge on any atom is 0.290 e. The molecule has 0 radical (unpaired) electrons. The Hall–Kier alpha value is -2.53. The summed E-state index contributed by atoms with van der Waals surface area (Å²) in [7, 11) is 2.15. The highest BCUT2D eigenvalue weighted by Gasteiger charge is 2.33. The molecular weight excluding hydrogens is 385 g/mol. The molecule has 0 saturated carbocycles. The minimum absolute atomic E-state index is 0.250. The predicted molar refractivity (Wildman–Crippen MR) is 104 cm³/mol. The van der Waals surface area contributed by atoms with Gasteiger partial charge in [-0.3, -0.25) is 14.5 Å². The normalized spacial score (nSPS) is 23.8. The van der Waals surface area contributed by atoms with Crippen molar-refractivity contribution in [1.29, 1.82) is 0 Å². The second-order valence-corrected chi connectivity index (χ2v) is 7.15. The zero-order chi connectivity index (χ0) is 21.2. The van der Waals surface area contributed by atoms with Crippen LogP contribution < -0.4 is 9.80 Å². The van der Waals surface area contributed by atoms with Crippen molar-refractivity contribution in [3.63, 3.8) is 0 Å². The third-order valence-corrected chi connectivity index (χ3v) is 5.14. The molecule has 4 rings (SSSR count). The molecule has 2 atom stereocenters. The van der Waals surface area contributed by atoms with E-state index in [1.165, 1.54) is 6.20 Å². The predicted octanol–water partition coefficient (Wildman–Crippen LogP) is 0.384. The van der Waals surface area contributed by atoms with E-state index in [0.29, 0.717) is 23.7 Å². The second-order valence-electron chi connectivity index (χ2n) is 7.15. The van der Waals surface area contributed by atoms with Crippen LogP contribution in [-0.2, 0) is 14.3 Å². The lowest BCUT2D eigenvalue weighted by Crippen LogP contribution is -2.43. The van der Waals surface area contributed by atoms with Gasteiger partial charge in [-0.05, 0) is 19.9 Å². The average molecular weight is 413 g/mol. The van der Waals surface area contributed by atoms with Crippen molar-refractivity contribution in [3.05, 3.63) is 12.0 Å². The maximum atomic E-state index is 14.1. The zero-order valence-corrected chi connectivity index (χ0v) is 16.5. The number of hydrogen-bond acceptors (Lipinski definition) is 8. The number of ether oxygens (including phenoxy) is 1. The highest BCUT2D eigenvalue weighted by molar-refractivity contribution is 5.46. The summed E-state index contributed by atoms with van der Waals surface area (Å²) in [4.78, 5) is 32.2. The van der Waals surface area contributed by atoms with Crippen LogP contribution in [0.4, 0.5) is 16.2 Å². The molecule has 10 nitrogen and oxygen atoms in total. The van der Waals surface area contributed by atoms with Crippen molar-refractivity contribution in [3.8, 4) is 0 Å². The Kier molecular flexibility index (Phi) is 9.00. The molecule has 2 bridgehead atoms. The molecule has 2 N–H and O–H groups in total. The zero-order valence-electron chi connectivity index (χ0n) is 16.5. The van der Waals surface area contributed by atoms with Gasteiger partial charge in [0, 0.05) is 38.6 Å². The van der Waals surface area contributed by atoms with E-state index in [1.54, 1.807) is 0 Å². The Balaban J connectivity index is 0.000000449. The van der Waals surface area contributed by atoms with Crippen molar-refractivity contribution >= 4 is 24.7 Å². The SMILES string of the molecule is CN1C[C@H]2COC[C@@H]1CN(c1ncc(F)c(N3CCCC3)n1)C2.O=CO.O=CO. The van der Waals surface area contributed by atoms with Gasteiger partial charge in [0.25, 0.3) is 12.9 Å². The number of aromatic nitrogens is 2. The number of fused-ring (bicyclic) bond motifs is 3. The highest BCUT2D eigenvalue weighted by atomic mass is 19.1. The van der Waals surface area contributed by atoms with Crippen molar-refractivity contribution in [2.45, 2.75) is 18.9 Å². The summed E-state index contributed by atoms with van der Waals surface area (Å²) in [5, 5.41) is 13.8. The van der Waals surface area contributed by atoms with Crippen LogP contribution in [0, 0.1) is 11.7 Å². The van der Waals surface area contributed by atoms with Crippen molar-refractivity contribution in [2.75, 3.05) is 62.8 Å². The Morgan fingerprint density at radius 3 is 2.41 bits per heavy atom. The summed E-state index contributed by atoms with van der Waals surface area (Å²) >= 11 is 0. The third-order valence-electron chi connectivity index (χ3n) is 5.14. The smallest absolute Gasteiger partial charge is 0.290 e. The Morgan fingerprint density at radius 1 is 1.10 bits per heavy atom. The van der Waals surface area contributed by atoms with E-state index in [9.17, 15) is 4.39 Å². The van der Waals surface area contributed by atoms with Crippen LogP contribution in [0.2, 0.25) is 0 Å². The molecule has 162 valence electrons. The molecule has 4 heterocycles. The van der Waals surface area contributed by atoms with Gasteiger partial charge in [0.1, 0.15) is 0 Å². The summed E-state index contributed by atoms with van der Waals surface area (Å²) in [5.74, 6) is 1.24. The van der Waals surface area contributed by atoms with Crippen molar-refractivity contribution in [2.24, 2.45) is 5.92 Å². The van der Waals surface area contributed by atoms with Gasteiger partial charge in [-0.1, -0.05) is 0 Å². The number of rotatable bonds is 2. The Morgan fingerprint density at radius 2 is 1.76 bits per heavy atom. The van der Waals surface area contributed by atoms with Crippen LogP contribution in [-0.4, -0.2) is 97.1 Å². The number of anilines is 2. The molecule has 0 aliphatic carbocycles. The highest BCUT2D eigenvalue weighted by Crippen LogP contribution is 2.26. The summed E-state index contributed by atoms with van der Waals surface area (Å²) in [6, 6.07) is 0.339. The molecule has 1 aromatic heterocycles. The van der Waals surface area contributed by atoms with E-state index >= 15 is 0 Å². The van der Waals surface area contributed by atoms with Crippen LogP contribution in [0.3, 0.4) is 0 Å². The van der Waals surface area contributed by atoms with Gasteiger partial charge in [-0.25, -0.2) is 9.37 Å². The molecule has 11 heteroatoms. The average Bonchev–Trinajstić information content (AvgIpc) is 3.08. The molecule has 1 aromatic rings.